The Morgan fingerprint density at radius 3 is 2.81 bits per heavy atom. The van der Waals surface area contributed by atoms with E-state index in [1.165, 1.54) is 12.8 Å². The fourth-order valence-electron chi connectivity index (χ4n) is 3.23. The van der Waals surface area contributed by atoms with Gasteiger partial charge in [0.1, 0.15) is 17.8 Å². The van der Waals surface area contributed by atoms with Crippen molar-refractivity contribution in [3.05, 3.63) is 30.6 Å². The predicted octanol–water partition coefficient (Wildman–Crippen LogP) is 4.22. The van der Waals surface area contributed by atoms with Crippen LogP contribution in [-0.4, -0.2) is 29.7 Å². The van der Waals surface area contributed by atoms with Gasteiger partial charge in [0.2, 0.25) is 0 Å². The smallest absolute Gasteiger partial charge is 0.159 e. The van der Waals surface area contributed by atoms with Crippen molar-refractivity contribution >= 4 is 23.0 Å². The summed E-state index contributed by atoms with van der Waals surface area (Å²) in [6.07, 6.45) is 6.21. The van der Waals surface area contributed by atoms with Crippen LogP contribution in [0.25, 0.3) is 0 Å². The highest BCUT2D eigenvalue weighted by Crippen LogP contribution is 2.31. The van der Waals surface area contributed by atoms with Crippen molar-refractivity contribution in [2.24, 2.45) is 5.92 Å². The minimum atomic E-state index is 0.602. The van der Waals surface area contributed by atoms with Gasteiger partial charge in [0.05, 0.1) is 6.61 Å². The largest absolute Gasteiger partial charge is 0.494 e. The fraction of sp³-hybridized carbons (Fsp3) is 0.500. The SMILES string of the molecule is CCCCOc1ccc(Nc2ncnc(N3CCCC(C)C3)c2N)cc1. The van der Waals surface area contributed by atoms with Crippen LogP contribution in [0.5, 0.6) is 5.75 Å². The van der Waals surface area contributed by atoms with Gasteiger partial charge in [-0.1, -0.05) is 20.3 Å². The van der Waals surface area contributed by atoms with Crippen LogP contribution >= 0.6 is 0 Å². The molecule has 0 saturated carbocycles. The van der Waals surface area contributed by atoms with Crippen molar-refractivity contribution in [1.82, 2.24) is 9.97 Å². The van der Waals surface area contributed by atoms with E-state index in [2.05, 4.69) is 34.0 Å². The Bertz CT molecular complexity index is 704. The average molecular weight is 355 g/mol. The molecule has 26 heavy (non-hydrogen) atoms. The predicted molar refractivity (Wildman–Crippen MR) is 107 cm³/mol. The van der Waals surface area contributed by atoms with Gasteiger partial charge < -0.3 is 20.7 Å². The van der Waals surface area contributed by atoms with E-state index >= 15 is 0 Å². The summed E-state index contributed by atoms with van der Waals surface area (Å²) in [5.41, 5.74) is 7.89. The Hall–Kier alpha value is -2.50. The number of unbranched alkanes of at least 4 members (excludes halogenated alkanes) is 1. The summed E-state index contributed by atoms with van der Waals surface area (Å²) in [4.78, 5) is 11.0. The number of anilines is 4. The number of nitrogens with one attached hydrogen (secondary N) is 1. The second-order valence-corrected chi connectivity index (χ2v) is 7.00. The molecule has 140 valence electrons. The highest BCUT2D eigenvalue weighted by atomic mass is 16.5. The maximum Gasteiger partial charge on any atom is 0.159 e. The summed E-state index contributed by atoms with van der Waals surface area (Å²) in [6.45, 7) is 7.16. The zero-order valence-electron chi connectivity index (χ0n) is 15.7. The number of hydrogen-bond donors (Lipinski definition) is 2. The lowest BCUT2D eigenvalue weighted by Crippen LogP contribution is -2.35. The third-order valence-corrected chi connectivity index (χ3v) is 4.70. The van der Waals surface area contributed by atoms with Gasteiger partial charge in [-0.05, 0) is 49.4 Å². The molecular formula is C20H29N5O. The van der Waals surface area contributed by atoms with Gasteiger partial charge >= 0.3 is 0 Å². The minimum Gasteiger partial charge on any atom is -0.494 e. The first-order valence-electron chi connectivity index (χ1n) is 9.52. The lowest BCUT2D eigenvalue weighted by Gasteiger charge is -2.32. The molecule has 3 N–H and O–H groups in total. The number of nitrogen functional groups attached to an aromatic ring is 1. The van der Waals surface area contributed by atoms with Crippen LogP contribution in [-0.2, 0) is 0 Å². The molecule has 1 fully saturated rings. The van der Waals surface area contributed by atoms with E-state index in [0.717, 1.165) is 49.8 Å². The van der Waals surface area contributed by atoms with E-state index < -0.39 is 0 Å². The standard InChI is InChI=1S/C20H29N5O/c1-3-4-12-26-17-9-7-16(8-10-17)24-19-18(21)20(23-14-22-19)25-11-5-6-15(2)13-25/h7-10,14-15H,3-6,11-13,21H2,1-2H3,(H,22,23,24). The monoisotopic (exact) mass is 355 g/mol. The number of hydrogen-bond acceptors (Lipinski definition) is 6. The molecule has 2 heterocycles. The molecule has 1 aliphatic heterocycles. The molecule has 1 saturated heterocycles. The molecule has 1 aromatic heterocycles. The van der Waals surface area contributed by atoms with Crippen molar-refractivity contribution in [2.45, 2.75) is 39.5 Å². The first-order valence-corrected chi connectivity index (χ1v) is 9.52. The summed E-state index contributed by atoms with van der Waals surface area (Å²) >= 11 is 0. The molecule has 1 unspecified atom stereocenters. The first-order chi connectivity index (χ1) is 12.7. The van der Waals surface area contributed by atoms with E-state index in [1.54, 1.807) is 6.33 Å². The zero-order chi connectivity index (χ0) is 18.4. The second-order valence-electron chi connectivity index (χ2n) is 7.00. The molecule has 1 aliphatic rings. The molecule has 0 amide bonds. The number of rotatable bonds is 7. The van der Waals surface area contributed by atoms with Crippen molar-refractivity contribution in [3.8, 4) is 5.75 Å². The summed E-state index contributed by atoms with van der Waals surface area (Å²) < 4.78 is 5.70. The van der Waals surface area contributed by atoms with Crippen LogP contribution in [0.4, 0.5) is 23.0 Å². The van der Waals surface area contributed by atoms with Gasteiger partial charge in [-0.2, -0.15) is 0 Å². The Balaban J connectivity index is 1.69. The average Bonchev–Trinajstić information content (AvgIpc) is 2.65. The third kappa shape index (κ3) is 4.56. The van der Waals surface area contributed by atoms with Crippen LogP contribution in [0, 0.1) is 5.92 Å². The topological polar surface area (TPSA) is 76.3 Å². The van der Waals surface area contributed by atoms with Gasteiger partial charge in [0.15, 0.2) is 11.6 Å². The highest BCUT2D eigenvalue weighted by molar-refractivity contribution is 5.78. The van der Waals surface area contributed by atoms with Gasteiger partial charge in [0.25, 0.3) is 0 Å². The Morgan fingerprint density at radius 2 is 2.08 bits per heavy atom. The Labute approximate surface area is 155 Å². The first kappa shape index (κ1) is 18.3. The molecule has 6 nitrogen and oxygen atoms in total. The van der Waals surface area contributed by atoms with Crippen molar-refractivity contribution in [3.63, 3.8) is 0 Å². The van der Waals surface area contributed by atoms with Gasteiger partial charge in [-0.3, -0.25) is 0 Å². The van der Waals surface area contributed by atoms with Crippen molar-refractivity contribution in [1.29, 1.82) is 0 Å². The quantitative estimate of drug-likeness (QED) is 0.724. The van der Waals surface area contributed by atoms with Crippen molar-refractivity contribution < 1.29 is 4.74 Å². The molecule has 0 bridgehead atoms. The van der Waals surface area contributed by atoms with Crippen LogP contribution in [0.3, 0.4) is 0 Å². The molecule has 0 radical (unpaired) electrons. The van der Waals surface area contributed by atoms with Crippen molar-refractivity contribution in [2.75, 3.05) is 35.6 Å². The van der Waals surface area contributed by atoms with E-state index in [1.807, 2.05) is 24.3 Å². The van der Waals surface area contributed by atoms with E-state index in [4.69, 9.17) is 10.5 Å². The van der Waals surface area contributed by atoms with Crippen LogP contribution in [0.2, 0.25) is 0 Å². The maximum atomic E-state index is 6.36. The summed E-state index contributed by atoms with van der Waals surface area (Å²) in [5, 5.41) is 3.30. The number of nitrogens with zero attached hydrogens (tertiary/aromatic N) is 3. The second kappa shape index (κ2) is 8.74. The molecule has 3 rings (SSSR count). The van der Waals surface area contributed by atoms with E-state index in [-0.39, 0.29) is 0 Å². The van der Waals surface area contributed by atoms with Crippen LogP contribution in [0.15, 0.2) is 30.6 Å². The highest BCUT2D eigenvalue weighted by Gasteiger charge is 2.21. The number of piperidine rings is 1. The minimum absolute atomic E-state index is 0.602. The van der Waals surface area contributed by atoms with E-state index in [9.17, 15) is 0 Å². The lowest BCUT2D eigenvalue weighted by atomic mass is 10.0. The summed E-state index contributed by atoms with van der Waals surface area (Å²) in [5.74, 6) is 3.01. The van der Waals surface area contributed by atoms with Crippen LogP contribution < -0.4 is 20.7 Å². The molecule has 0 aliphatic carbocycles. The molecule has 2 aromatic rings. The maximum absolute atomic E-state index is 6.36. The number of aromatic nitrogens is 2. The molecule has 1 aromatic carbocycles. The fourth-order valence-corrected chi connectivity index (χ4v) is 3.23. The zero-order valence-corrected chi connectivity index (χ0v) is 15.7. The molecule has 1 atom stereocenters. The number of ether oxygens (including phenoxy) is 1. The van der Waals surface area contributed by atoms with Gasteiger partial charge in [-0.25, -0.2) is 9.97 Å². The van der Waals surface area contributed by atoms with Crippen LogP contribution in [0.1, 0.15) is 39.5 Å². The number of benzene rings is 1. The molecular weight excluding hydrogens is 326 g/mol. The third-order valence-electron chi connectivity index (χ3n) is 4.70. The van der Waals surface area contributed by atoms with E-state index in [0.29, 0.717) is 17.4 Å². The lowest BCUT2D eigenvalue weighted by molar-refractivity contribution is 0.309. The molecule has 0 spiro atoms. The summed E-state index contributed by atoms with van der Waals surface area (Å²) in [7, 11) is 0. The molecule has 6 heteroatoms. The number of nitrogens with two attached hydrogens (primary N) is 1. The van der Waals surface area contributed by atoms with Gasteiger partial charge in [0, 0.05) is 18.8 Å². The summed E-state index contributed by atoms with van der Waals surface area (Å²) in [6, 6.07) is 7.88. The normalized spacial score (nSPS) is 17.2. The Kier molecular flexibility index (Phi) is 6.15. The van der Waals surface area contributed by atoms with Gasteiger partial charge in [-0.15, -0.1) is 0 Å². The Morgan fingerprint density at radius 1 is 1.27 bits per heavy atom.